The van der Waals surface area contributed by atoms with Crippen LogP contribution in [0.25, 0.3) is 11.3 Å². The van der Waals surface area contributed by atoms with Gasteiger partial charge in [0.15, 0.2) is 0 Å². The summed E-state index contributed by atoms with van der Waals surface area (Å²) in [6.07, 6.45) is -1.99. The van der Waals surface area contributed by atoms with Crippen molar-refractivity contribution in [3.8, 4) is 17.0 Å². The summed E-state index contributed by atoms with van der Waals surface area (Å²) in [5.74, 6) is 0.297. The van der Waals surface area contributed by atoms with Crippen molar-refractivity contribution < 1.29 is 27.8 Å². The van der Waals surface area contributed by atoms with Crippen LogP contribution in [-0.2, 0) is 4.79 Å². The number of anilines is 1. The normalized spacial score (nSPS) is 15.2. The summed E-state index contributed by atoms with van der Waals surface area (Å²) < 4.78 is 41.4. The van der Waals surface area contributed by atoms with Crippen LogP contribution in [0, 0.1) is 12.8 Å². The maximum atomic E-state index is 12.5. The molecule has 2 aromatic rings. The highest BCUT2D eigenvalue weighted by atomic mass is 19.4. The van der Waals surface area contributed by atoms with Gasteiger partial charge in [-0.2, -0.15) is 0 Å². The molecule has 3 rings (SSSR count). The lowest BCUT2D eigenvalue weighted by Crippen LogP contribution is -2.41. The van der Waals surface area contributed by atoms with E-state index in [9.17, 15) is 18.0 Å². The number of aliphatic hydroxyl groups excluding tert-OH is 1. The quantitative estimate of drug-likeness (QED) is 0.742. The van der Waals surface area contributed by atoms with Crippen LogP contribution in [0.3, 0.4) is 0 Å². The Bertz CT molecular complexity index is 884. The van der Waals surface area contributed by atoms with E-state index in [4.69, 9.17) is 5.11 Å². The van der Waals surface area contributed by atoms with Crippen LogP contribution < -0.4 is 15.0 Å². The molecule has 1 fully saturated rings. The molecule has 1 aromatic heterocycles. The SMILES string of the molecule is Cc1cc(-c2cc(N3CCC(C(=O)NCCO)CC3)ncn2)ccc1OC(F)(F)F. The van der Waals surface area contributed by atoms with Crippen LogP contribution in [0.1, 0.15) is 18.4 Å². The second-order valence-electron chi connectivity index (χ2n) is 7.07. The molecule has 1 aliphatic rings. The Morgan fingerprint density at radius 2 is 2.00 bits per heavy atom. The van der Waals surface area contributed by atoms with E-state index in [1.54, 1.807) is 19.1 Å². The molecule has 1 saturated heterocycles. The maximum Gasteiger partial charge on any atom is 0.573 e. The molecular weight excluding hydrogens is 401 g/mol. The number of benzene rings is 1. The zero-order valence-electron chi connectivity index (χ0n) is 16.4. The second-order valence-corrected chi connectivity index (χ2v) is 7.07. The molecule has 0 bridgehead atoms. The van der Waals surface area contributed by atoms with Gasteiger partial charge < -0.3 is 20.1 Å². The average Bonchev–Trinajstić information content (AvgIpc) is 2.73. The van der Waals surface area contributed by atoms with Crippen molar-refractivity contribution in [2.24, 2.45) is 5.92 Å². The summed E-state index contributed by atoms with van der Waals surface area (Å²) in [5.41, 5.74) is 1.59. The van der Waals surface area contributed by atoms with Crippen molar-refractivity contribution in [3.63, 3.8) is 0 Å². The summed E-state index contributed by atoms with van der Waals surface area (Å²) in [4.78, 5) is 22.6. The van der Waals surface area contributed by atoms with Crippen molar-refractivity contribution >= 4 is 11.7 Å². The van der Waals surface area contributed by atoms with Gasteiger partial charge in [-0.05, 0) is 43.5 Å². The van der Waals surface area contributed by atoms with E-state index in [2.05, 4.69) is 24.9 Å². The van der Waals surface area contributed by atoms with Gasteiger partial charge in [-0.25, -0.2) is 9.97 Å². The van der Waals surface area contributed by atoms with Gasteiger partial charge in [-0.15, -0.1) is 13.2 Å². The average molecular weight is 424 g/mol. The summed E-state index contributed by atoms with van der Waals surface area (Å²) in [7, 11) is 0. The largest absolute Gasteiger partial charge is 0.573 e. The van der Waals surface area contributed by atoms with Crippen molar-refractivity contribution in [3.05, 3.63) is 36.2 Å². The van der Waals surface area contributed by atoms with Crippen molar-refractivity contribution in [1.82, 2.24) is 15.3 Å². The number of aliphatic hydroxyl groups is 1. The van der Waals surface area contributed by atoms with Gasteiger partial charge in [0.05, 0.1) is 12.3 Å². The molecule has 162 valence electrons. The van der Waals surface area contributed by atoms with E-state index in [0.29, 0.717) is 48.6 Å². The Morgan fingerprint density at radius 1 is 1.27 bits per heavy atom. The lowest BCUT2D eigenvalue weighted by molar-refractivity contribution is -0.274. The van der Waals surface area contributed by atoms with E-state index >= 15 is 0 Å². The summed E-state index contributed by atoms with van der Waals surface area (Å²) >= 11 is 0. The first kappa shape index (κ1) is 21.8. The maximum absolute atomic E-state index is 12.5. The lowest BCUT2D eigenvalue weighted by atomic mass is 9.96. The minimum Gasteiger partial charge on any atom is -0.406 e. The zero-order chi connectivity index (χ0) is 21.7. The molecule has 7 nitrogen and oxygen atoms in total. The highest BCUT2D eigenvalue weighted by molar-refractivity contribution is 5.79. The number of nitrogens with zero attached hydrogens (tertiary/aromatic N) is 3. The van der Waals surface area contributed by atoms with Crippen LogP contribution in [0.15, 0.2) is 30.6 Å². The molecular formula is C20H23F3N4O3. The van der Waals surface area contributed by atoms with E-state index < -0.39 is 6.36 Å². The topological polar surface area (TPSA) is 87.6 Å². The molecule has 1 aliphatic heterocycles. The molecule has 0 atom stereocenters. The second kappa shape index (κ2) is 9.29. The zero-order valence-corrected chi connectivity index (χ0v) is 16.4. The van der Waals surface area contributed by atoms with Crippen molar-refractivity contribution in [2.75, 3.05) is 31.1 Å². The van der Waals surface area contributed by atoms with E-state index in [-0.39, 0.29) is 30.7 Å². The van der Waals surface area contributed by atoms with Crippen LogP contribution in [0.2, 0.25) is 0 Å². The molecule has 0 radical (unpaired) electrons. The fraction of sp³-hybridized carbons (Fsp3) is 0.450. The third kappa shape index (κ3) is 5.59. The molecule has 10 heteroatoms. The third-order valence-electron chi connectivity index (χ3n) is 4.95. The summed E-state index contributed by atoms with van der Waals surface area (Å²) in [6.45, 7) is 2.99. The number of hydrogen-bond donors (Lipinski definition) is 2. The number of alkyl halides is 3. The number of nitrogens with one attached hydrogen (secondary N) is 1. The number of piperidine rings is 1. The van der Waals surface area contributed by atoms with E-state index in [1.807, 2.05) is 0 Å². The number of halogens is 3. The van der Waals surface area contributed by atoms with Crippen LogP contribution in [0.4, 0.5) is 19.0 Å². The van der Waals surface area contributed by atoms with Gasteiger partial charge in [-0.1, -0.05) is 0 Å². The van der Waals surface area contributed by atoms with E-state index in [0.717, 1.165) is 0 Å². The standard InChI is InChI=1S/C20H23F3N4O3/c1-13-10-15(2-3-17(13)30-20(21,22)23)16-11-18(26-12-25-16)27-7-4-14(5-8-27)19(29)24-6-9-28/h2-3,10-12,14,28H,4-9H2,1H3,(H,24,29). The van der Waals surface area contributed by atoms with E-state index in [1.165, 1.54) is 18.5 Å². The van der Waals surface area contributed by atoms with Gasteiger partial charge in [0.2, 0.25) is 5.91 Å². The molecule has 2 heterocycles. The number of aryl methyl sites for hydroxylation is 1. The van der Waals surface area contributed by atoms with Crippen LogP contribution in [0.5, 0.6) is 5.75 Å². The van der Waals surface area contributed by atoms with Gasteiger partial charge in [0.1, 0.15) is 17.9 Å². The number of carbonyl (C=O) groups is 1. The molecule has 0 aliphatic carbocycles. The predicted molar refractivity (Wildman–Crippen MR) is 104 cm³/mol. The Hall–Kier alpha value is -2.88. The first-order valence-electron chi connectivity index (χ1n) is 9.59. The number of hydrogen-bond acceptors (Lipinski definition) is 6. The summed E-state index contributed by atoms with van der Waals surface area (Å²) in [6, 6.07) is 6.17. The first-order valence-corrected chi connectivity index (χ1v) is 9.59. The molecule has 2 N–H and O–H groups in total. The minimum atomic E-state index is -4.74. The molecule has 1 amide bonds. The highest BCUT2D eigenvalue weighted by Gasteiger charge is 2.31. The lowest BCUT2D eigenvalue weighted by Gasteiger charge is -2.32. The molecule has 1 aromatic carbocycles. The third-order valence-corrected chi connectivity index (χ3v) is 4.95. The minimum absolute atomic E-state index is 0.0521. The Labute approximate surface area is 171 Å². The molecule has 0 saturated carbocycles. The smallest absolute Gasteiger partial charge is 0.406 e. The van der Waals surface area contributed by atoms with Gasteiger partial charge in [-0.3, -0.25) is 4.79 Å². The van der Waals surface area contributed by atoms with Crippen molar-refractivity contribution in [1.29, 1.82) is 0 Å². The molecule has 30 heavy (non-hydrogen) atoms. The number of aromatic nitrogens is 2. The molecule has 0 spiro atoms. The fourth-order valence-electron chi connectivity index (χ4n) is 3.42. The fourth-order valence-corrected chi connectivity index (χ4v) is 3.42. The first-order chi connectivity index (χ1) is 14.3. The number of carbonyl (C=O) groups excluding carboxylic acids is 1. The van der Waals surface area contributed by atoms with Crippen LogP contribution in [-0.4, -0.2) is 53.6 Å². The Balaban J connectivity index is 1.68. The highest BCUT2D eigenvalue weighted by Crippen LogP contribution is 2.31. The summed E-state index contributed by atoms with van der Waals surface area (Å²) in [5, 5.41) is 11.5. The Kier molecular flexibility index (Phi) is 6.76. The van der Waals surface area contributed by atoms with Gasteiger partial charge in [0, 0.05) is 37.2 Å². The van der Waals surface area contributed by atoms with Crippen LogP contribution >= 0.6 is 0 Å². The number of rotatable bonds is 6. The predicted octanol–water partition coefficient (Wildman–Crippen LogP) is 2.68. The molecule has 0 unspecified atom stereocenters. The number of ether oxygens (including phenoxy) is 1. The monoisotopic (exact) mass is 424 g/mol. The van der Waals surface area contributed by atoms with Gasteiger partial charge >= 0.3 is 6.36 Å². The van der Waals surface area contributed by atoms with Crippen molar-refractivity contribution in [2.45, 2.75) is 26.1 Å². The number of amides is 1. The Morgan fingerprint density at radius 3 is 2.63 bits per heavy atom. The van der Waals surface area contributed by atoms with Gasteiger partial charge in [0.25, 0.3) is 0 Å².